The van der Waals surface area contributed by atoms with Crippen LogP contribution in [0.4, 0.5) is 0 Å². The molecule has 1 N–H and O–H groups in total. The van der Waals surface area contributed by atoms with Crippen molar-refractivity contribution in [3.8, 4) is 0 Å². The summed E-state index contributed by atoms with van der Waals surface area (Å²) in [5.74, 6) is -0.642. The number of hydrogen-bond acceptors (Lipinski definition) is 3. The van der Waals surface area contributed by atoms with Crippen LogP contribution >= 0.6 is 0 Å². The third-order valence-corrected chi connectivity index (χ3v) is 1.48. The van der Waals surface area contributed by atoms with Gasteiger partial charge in [-0.3, -0.25) is 0 Å². The van der Waals surface area contributed by atoms with Crippen molar-refractivity contribution >= 4 is 35.5 Å². The molecule has 3 nitrogen and oxygen atoms in total. The first-order chi connectivity index (χ1) is 6.24. The third-order valence-electron chi connectivity index (χ3n) is 1.48. The van der Waals surface area contributed by atoms with Crippen molar-refractivity contribution < 1.29 is 14.6 Å². The van der Waals surface area contributed by atoms with Crippen LogP contribution in [0.3, 0.4) is 0 Å². The molecular weight excluding hydrogens is 191 g/mol. The Morgan fingerprint density at radius 3 is 2.50 bits per heavy atom. The Balaban J connectivity index is 0.00000169. The molecule has 70 valence electrons. The first-order valence-corrected chi connectivity index (χ1v) is 3.80. The first kappa shape index (κ1) is 13.4. The zero-order valence-corrected chi connectivity index (χ0v) is 7.01. The van der Waals surface area contributed by atoms with Crippen LogP contribution in [-0.4, -0.2) is 40.6 Å². The summed E-state index contributed by atoms with van der Waals surface area (Å²) < 4.78 is 4.58. The van der Waals surface area contributed by atoms with E-state index in [0.717, 1.165) is 6.08 Å². The average molecular weight is 202 g/mol. The minimum atomic E-state index is -1.22. The van der Waals surface area contributed by atoms with Gasteiger partial charge in [0.05, 0.1) is 0 Å². The maximum absolute atomic E-state index is 10.7. The van der Waals surface area contributed by atoms with E-state index in [-0.39, 0.29) is 29.6 Å². The second-order valence-corrected chi connectivity index (χ2v) is 2.40. The molecule has 0 bridgehead atoms. The molecule has 1 atom stereocenters. The second kappa shape index (κ2) is 6.79. The fourth-order valence-electron chi connectivity index (χ4n) is 0.844. The summed E-state index contributed by atoms with van der Waals surface area (Å²) in [6.45, 7) is 3.22. The number of aliphatic hydroxyl groups excluding tert-OH is 1. The zero-order chi connectivity index (χ0) is 9.68. The van der Waals surface area contributed by atoms with Crippen LogP contribution in [-0.2, 0) is 9.53 Å². The Morgan fingerprint density at radius 2 is 2.00 bits per heavy atom. The first-order valence-electron chi connectivity index (χ1n) is 3.80. The number of hydrogen-bond donors (Lipinski definition) is 1. The second-order valence-electron chi connectivity index (χ2n) is 2.40. The quantitative estimate of drug-likeness (QED) is 0.340. The normalized spacial score (nSPS) is 10.9. The van der Waals surface area contributed by atoms with Crippen molar-refractivity contribution in [3.63, 3.8) is 0 Å². The Kier molecular flexibility index (Phi) is 6.49. The van der Waals surface area contributed by atoms with Gasteiger partial charge in [0, 0.05) is 11.6 Å². The summed E-state index contributed by atoms with van der Waals surface area (Å²) in [6.07, 6.45) is -0.210. The number of carbonyl (C=O) groups is 1. The molecule has 0 amide bonds. The van der Waals surface area contributed by atoms with Gasteiger partial charge in [0.15, 0.2) is 0 Å². The van der Waals surface area contributed by atoms with Crippen molar-refractivity contribution in [2.75, 3.05) is 0 Å². The van der Waals surface area contributed by atoms with Gasteiger partial charge < -0.3 is 9.84 Å². The van der Waals surface area contributed by atoms with Gasteiger partial charge in [0.2, 0.25) is 6.29 Å². The minimum absolute atomic E-state index is 0. The topological polar surface area (TPSA) is 46.5 Å². The maximum atomic E-state index is 10.7. The summed E-state index contributed by atoms with van der Waals surface area (Å²) in [5.41, 5.74) is 0.540. The number of benzene rings is 1. The summed E-state index contributed by atoms with van der Waals surface area (Å²) in [6, 6.07) is 8.65. The molecule has 1 unspecified atom stereocenters. The fraction of sp³-hybridized carbons (Fsp3) is 0.100. The summed E-state index contributed by atoms with van der Waals surface area (Å²) in [4.78, 5) is 10.7. The Labute approximate surface area is 105 Å². The molecule has 0 aliphatic heterocycles. The van der Waals surface area contributed by atoms with E-state index in [2.05, 4.69) is 11.3 Å². The van der Waals surface area contributed by atoms with Crippen molar-refractivity contribution in [1.82, 2.24) is 0 Å². The van der Waals surface area contributed by atoms with Gasteiger partial charge in [0.25, 0.3) is 0 Å². The Bertz CT molecular complexity index is 297. The van der Waals surface area contributed by atoms with E-state index in [4.69, 9.17) is 0 Å². The van der Waals surface area contributed by atoms with Crippen LogP contribution in [0.5, 0.6) is 0 Å². The third kappa shape index (κ3) is 4.07. The van der Waals surface area contributed by atoms with E-state index in [0.29, 0.717) is 5.56 Å². The van der Waals surface area contributed by atoms with Crippen molar-refractivity contribution in [1.29, 1.82) is 0 Å². The van der Waals surface area contributed by atoms with E-state index >= 15 is 0 Å². The molecule has 0 radical (unpaired) electrons. The predicted molar refractivity (Wildman–Crippen MR) is 54.8 cm³/mol. The molecule has 1 aromatic rings. The number of esters is 1. The van der Waals surface area contributed by atoms with Crippen LogP contribution < -0.4 is 0 Å². The monoisotopic (exact) mass is 202 g/mol. The molecule has 0 fully saturated rings. The summed E-state index contributed by atoms with van der Waals surface area (Å²) >= 11 is 0. The van der Waals surface area contributed by atoms with Crippen LogP contribution in [0.2, 0.25) is 0 Å². The van der Waals surface area contributed by atoms with E-state index in [1.54, 1.807) is 24.3 Å². The van der Waals surface area contributed by atoms with Crippen molar-refractivity contribution in [2.24, 2.45) is 0 Å². The van der Waals surface area contributed by atoms with Crippen molar-refractivity contribution in [2.45, 2.75) is 6.29 Å². The number of rotatable bonds is 3. The molecule has 4 heteroatoms. The Hall–Kier alpha value is -0.610. The van der Waals surface area contributed by atoms with Crippen LogP contribution in [0.1, 0.15) is 11.9 Å². The molecule has 0 saturated heterocycles. The fourth-order valence-corrected chi connectivity index (χ4v) is 0.844. The van der Waals surface area contributed by atoms with Gasteiger partial charge in [-0.25, -0.2) is 4.79 Å². The molecule has 0 saturated carbocycles. The molecule has 14 heavy (non-hydrogen) atoms. The SMILES string of the molecule is C=CC(=O)OC(O)c1ccccc1.[NaH]. The molecule has 0 aliphatic carbocycles. The van der Waals surface area contributed by atoms with Crippen molar-refractivity contribution in [3.05, 3.63) is 48.6 Å². The van der Waals surface area contributed by atoms with Gasteiger partial charge in [-0.15, -0.1) is 0 Å². The number of carbonyl (C=O) groups excluding carboxylic acids is 1. The van der Waals surface area contributed by atoms with Crippen LogP contribution in [0, 0.1) is 0 Å². The van der Waals surface area contributed by atoms with E-state index in [9.17, 15) is 9.90 Å². The summed E-state index contributed by atoms with van der Waals surface area (Å²) in [5, 5.41) is 9.33. The molecule has 0 aromatic heterocycles. The molecule has 1 aromatic carbocycles. The zero-order valence-electron chi connectivity index (χ0n) is 7.01. The molecule has 0 spiro atoms. The van der Waals surface area contributed by atoms with E-state index in [1.165, 1.54) is 0 Å². The van der Waals surface area contributed by atoms with Crippen LogP contribution in [0.25, 0.3) is 0 Å². The van der Waals surface area contributed by atoms with Gasteiger partial charge in [-0.05, 0) is 0 Å². The number of ether oxygens (including phenoxy) is 1. The molecule has 0 aliphatic rings. The molecule has 1 rings (SSSR count). The van der Waals surface area contributed by atoms with Crippen LogP contribution in [0.15, 0.2) is 43.0 Å². The molecular formula is C10H11NaO3. The average Bonchev–Trinajstić information content (AvgIpc) is 2.19. The van der Waals surface area contributed by atoms with E-state index < -0.39 is 12.3 Å². The predicted octanol–water partition coefficient (Wildman–Crippen LogP) is 0.758. The number of aliphatic hydroxyl groups is 1. The van der Waals surface area contributed by atoms with E-state index in [1.807, 2.05) is 6.07 Å². The van der Waals surface area contributed by atoms with Gasteiger partial charge >= 0.3 is 35.5 Å². The van der Waals surface area contributed by atoms with Gasteiger partial charge in [-0.1, -0.05) is 36.9 Å². The molecule has 0 heterocycles. The van der Waals surface area contributed by atoms with Gasteiger partial charge in [0.1, 0.15) is 0 Å². The van der Waals surface area contributed by atoms with Gasteiger partial charge in [-0.2, -0.15) is 0 Å². The standard InChI is InChI=1S/C10H10O3.Na.H/c1-2-9(11)13-10(12)8-6-4-3-5-7-8;;/h2-7,10,12H,1H2;;. The Morgan fingerprint density at radius 1 is 1.43 bits per heavy atom. The summed E-state index contributed by atoms with van der Waals surface area (Å²) in [7, 11) is 0.